The monoisotopic (exact) mass is 259 g/mol. The summed E-state index contributed by atoms with van der Waals surface area (Å²) in [5.74, 6) is -0.345. The van der Waals surface area contributed by atoms with E-state index in [0.29, 0.717) is 5.58 Å². The molecule has 0 saturated carbocycles. The standard InChI is InChI=1S/C14H17N3O2/c1-10(9-15)16(2)7-6-11-4-5-13-12(8-11)17(3)14(18)19-13/h4-5,8,10H,6-7H2,1-3H3. The van der Waals surface area contributed by atoms with Crippen LogP contribution < -0.4 is 5.76 Å². The first kappa shape index (κ1) is 13.4. The Kier molecular flexibility index (Phi) is 3.72. The Hall–Kier alpha value is -2.06. The Morgan fingerprint density at radius 1 is 1.53 bits per heavy atom. The third-order valence-electron chi connectivity index (χ3n) is 3.46. The van der Waals surface area contributed by atoms with Crippen molar-refractivity contribution in [2.24, 2.45) is 7.05 Å². The van der Waals surface area contributed by atoms with Gasteiger partial charge in [-0.3, -0.25) is 9.47 Å². The average molecular weight is 259 g/mol. The fraction of sp³-hybridized carbons (Fsp3) is 0.429. The number of nitriles is 1. The SMILES string of the molecule is CC(C#N)N(C)CCc1ccc2oc(=O)n(C)c2c1. The van der Waals surface area contributed by atoms with E-state index < -0.39 is 0 Å². The molecule has 2 rings (SSSR count). The molecule has 1 unspecified atom stereocenters. The van der Waals surface area contributed by atoms with Gasteiger partial charge in [0.1, 0.15) is 0 Å². The molecule has 0 N–H and O–H groups in total. The summed E-state index contributed by atoms with van der Waals surface area (Å²) in [5, 5.41) is 8.84. The minimum absolute atomic E-state index is 0.0954. The van der Waals surface area contributed by atoms with E-state index in [4.69, 9.17) is 9.68 Å². The first-order chi connectivity index (χ1) is 9.02. The maximum absolute atomic E-state index is 11.4. The minimum Gasteiger partial charge on any atom is -0.408 e. The van der Waals surface area contributed by atoms with Gasteiger partial charge in [0.2, 0.25) is 0 Å². The maximum atomic E-state index is 11.4. The first-order valence-corrected chi connectivity index (χ1v) is 6.21. The molecule has 19 heavy (non-hydrogen) atoms. The smallest absolute Gasteiger partial charge is 0.408 e. The quantitative estimate of drug-likeness (QED) is 0.835. The summed E-state index contributed by atoms with van der Waals surface area (Å²) in [6.45, 7) is 2.68. The van der Waals surface area contributed by atoms with Gasteiger partial charge >= 0.3 is 5.76 Å². The van der Waals surface area contributed by atoms with Crippen molar-refractivity contribution in [2.45, 2.75) is 19.4 Å². The first-order valence-electron chi connectivity index (χ1n) is 6.21. The highest BCUT2D eigenvalue weighted by Gasteiger charge is 2.09. The lowest BCUT2D eigenvalue weighted by Crippen LogP contribution is -2.29. The number of hydrogen-bond acceptors (Lipinski definition) is 4. The lowest BCUT2D eigenvalue weighted by molar-refractivity contribution is 0.306. The maximum Gasteiger partial charge on any atom is 0.419 e. The van der Waals surface area contributed by atoms with Crippen molar-refractivity contribution in [3.8, 4) is 6.07 Å². The van der Waals surface area contributed by atoms with E-state index in [9.17, 15) is 4.79 Å². The van der Waals surface area contributed by atoms with Gasteiger partial charge in [0, 0.05) is 13.6 Å². The van der Waals surface area contributed by atoms with Gasteiger partial charge in [-0.2, -0.15) is 5.26 Å². The molecule has 0 radical (unpaired) electrons. The molecule has 100 valence electrons. The van der Waals surface area contributed by atoms with Gasteiger partial charge < -0.3 is 4.42 Å². The molecule has 2 aromatic rings. The minimum atomic E-state index is -0.345. The molecule has 0 aliphatic carbocycles. The Morgan fingerprint density at radius 3 is 2.95 bits per heavy atom. The summed E-state index contributed by atoms with van der Waals surface area (Å²) in [5.41, 5.74) is 2.54. The summed E-state index contributed by atoms with van der Waals surface area (Å²) in [6.07, 6.45) is 0.831. The van der Waals surface area contributed by atoms with Crippen LogP contribution in [0.25, 0.3) is 11.1 Å². The summed E-state index contributed by atoms with van der Waals surface area (Å²) >= 11 is 0. The van der Waals surface area contributed by atoms with E-state index in [2.05, 4.69) is 6.07 Å². The number of hydrogen-bond donors (Lipinski definition) is 0. The molecule has 1 aromatic carbocycles. The number of aromatic nitrogens is 1. The van der Waals surface area contributed by atoms with E-state index >= 15 is 0 Å². The molecule has 1 heterocycles. The lowest BCUT2D eigenvalue weighted by atomic mass is 10.1. The van der Waals surface area contributed by atoms with Crippen LogP contribution in [0.4, 0.5) is 0 Å². The van der Waals surface area contributed by atoms with Gasteiger partial charge in [-0.05, 0) is 38.1 Å². The normalized spacial score (nSPS) is 12.8. The number of nitrogens with zero attached hydrogens (tertiary/aromatic N) is 3. The average Bonchev–Trinajstić information content (AvgIpc) is 2.70. The second-order valence-electron chi connectivity index (χ2n) is 4.76. The van der Waals surface area contributed by atoms with Crippen LogP contribution in [0.1, 0.15) is 12.5 Å². The van der Waals surface area contributed by atoms with Crippen LogP contribution in [0.5, 0.6) is 0 Å². The van der Waals surface area contributed by atoms with Gasteiger partial charge in [-0.15, -0.1) is 0 Å². The molecule has 0 spiro atoms. The molecule has 0 aliphatic rings. The van der Waals surface area contributed by atoms with Gasteiger partial charge in [0.25, 0.3) is 0 Å². The summed E-state index contributed by atoms with van der Waals surface area (Å²) in [7, 11) is 3.63. The van der Waals surface area contributed by atoms with E-state index in [1.54, 1.807) is 7.05 Å². The highest BCUT2D eigenvalue weighted by Crippen LogP contribution is 2.15. The van der Waals surface area contributed by atoms with Crippen LogP contribution in [0.2, 0.25) is 0 Å². The van der Waals surface area contributed by atoms with Crippen molar-refractivity contribution in [1.29, 1.82) is 5.26 Å². The second-order valence-corrected chi connectivity index (χ2v) is 4.76. The molecular formula is C14H17N3O2. The molecule has 0 saturated heterocycles. The zero-order chi connectivity index (χ0) is 14.0. The van der Waals surface area contributed by atoms with Crippen LogP contribution in [0.3, 0.4) is 0 Å². The highest BCUT2D eigenvalue weighted by molar-refractivity contribution is 5.73. The van der Waals surface area contributed by atoms with Gasteiger partial charge in [0.05, 0.1) is 17.6 Å². The second kappa shape index (κ2) is 5.29. The Balaban J connectivity index is 2.16. The Morgan fingerprint density at radius 2 is 2.26 bits per heavy atom. The molecule has 0 fully saturated rings. The fourth-order valence-corrected chi connectivity index (χ4v) is 1.93. The number of fused-ring (bicyclic) bond motifs is 1. The van der Waals surface area contributed by atoms with Crippen molar-refractivity contribution in [2.75, 3.05) is 13.6 Å². The van der Waals surface area contributed by atoms with Crippen LogP contribution in [-0.4, -0.2) is 29.1 Å². The van der Waals surface area contributed by atoms with Crippen molar-refractivity contribution >= 4 is 11.1 Å². The number of aryl methyl sites for hydroxylation is 1. The van der Waals surface area contributed by atoms with Crippen molar-refractivity contribution in [3.05, 3.63) is 34.3 Å². The Labute approximate surface area is 111 Å². The van der Waals surface area contributed by atoms with Crippen molar-refractivity contribution in [1.82, 2.24) is 9.47 Å². The van der Waals surface area contributed by atoms with Gasteiger partial charge in [0.15, 0.2) is 5.58 Å². The largest absolute Gasteiger partial charge is 0.419 e. The zero-order valence-electron chi connectivity index (χ0n) is 11.4. The zero-order valence-corrected chi connectivity index (χ0v) is 11.4. The van der Waals surface area contributed by atoms with E-state index in [1.165, 1.54) is 4.57 Å². The number of oxazole rings is 1. The molecule has 0 amide bonds. The predicted molar refractivity (Wildman–Crippen MR) is 72.9 cm³/mol. The summed E-state index contributed by atoms with van der Waals surface area (Å²) in [4.78, 5) is 13.4. The fourth-order valence-electron chi connectivity index (χ4n) is 1.93. The van der Waals surface area contributed by atoms with E-state index in [1.807, 2.05) is 37.1 Å². The number of likely N-dealkylation sites (N-methyl/N-ethyl adjacent to an activating group) is 1. The van der Waals surface area contributed by atoms with Crippen LogP contribution in [0.15, 0.2) is 27.4 Å². The molecular weight excluding hydrogens is 242 g/mol. The highest BCUT2D eigenvalue weighted by atomic mass is 16.4. The van der Waals surface area contributed by atoms with Crippen molar-refractivity contribution < 1.29 is 4.42 Å². The molecule has 0 bridgehead atoms. The third kappa shape index (κ3) is 2.69. The molecule has 5 heteroatoms. The molecule has 5 nitrogen and oxygen atoms in total. The van der Waals surface area contributed by atoms with E-state index in [-0.39, 0.29) is 11.8 Å². The van der Waals surface area contributed by atoms with E-state index in [0.717, 1.165) is 24.0 Å². The third-order valence-corrected chi connectivity index (χ3v) is 3.46. The lowest BCUT2D eigenvalue weighted by Gasteiger charge is -2.18. The van der Waals surface area contributed by atoms with Gasteiger partial charge in [-0.25, -0.2) is 4.79 Å². The van der Waals surface area contributed by atoms with Crippen molar-refractivity contribution in [3.63, 3.8) is 0 Å². The molecule has 1 aromatic heterocycles. The summed E-state index contributed by atoms with van der Waals surface area (Å²) < 4.78 is 6.59. The summed E-state index contributed by atoms with van der Waals surface area (Å²) in [6, 6.07) is 7.85. The predicted octanol–water partition coefficient (Wildman–Crippen LogP) is 1.52. The van der Waals surface area contributed by atoms with Crippen LogP contribution in [-0.2, 0) is 13.5 Å². The topological polar surface area (TPSA) is 62.2 Å². The Bertz CT molecular complexity index is 678. The van der Waals surface area contributed by atoms with Crippen LogP contribution >= 0.6 is 0 Å². The number of benzene rings is 1. The van der Waals surface area contributed by atoms with Gasteiger partial charge in [-0.1, -0.05) is 6.07 Å². The number of rotatable bonds is 4. The molecule has 1 atom stereocenters. The van der Waals surface area contributed by atoms with Crippen LogP contribution in [0, 0.1) is 11.3 Å². The molecule has 0 aliphatic heterocycles.